The molecule has 0 saturated carbocycles. The molecule has 0 fully saturated rings. The van der Waals surface area contributed by atoms with Gasteiger partial charge < -0.3 is 20.1 Å². The number of halogens is 1. The first kappa shape index (κ1) is 13.2. The van der Waals surface area contributed by atoms with Gasteiger partial charge in [-0.2, -0.15) is 0 Å². The lowest BCUT2D eigenvalue weighted by Crippen LogP contribution is -2.42. The van der Waals surface area contributed by atoms with E-state index in [1.807, 2.05) is 0 Å². The van der Waals surface area contributed by atoms with Crippen LogP contribution in [0.1, 0.15) is 0 Å². The van der Waals surface area contributed by atoms with Crippen molar-refractivity contribution < 1.29 is 20.1 Å². The quantitative estimate of drug-likeness (QED) is 0.179. The molecule has 0 aromatic heterocycles. The number of azide groups is 1. The van der Waals surface area contributed by atoms with Crippen molar-refractivity contribution in [3.05, 3.63) is 10.4 Å². The lowest BCUT2D eigenvalue weighted by molar-refractivity contribution is -0.110. The summed E-state index contributed by atoms with van der Waals surface area (Å²) in [6, 6.07) is -1.28. The van der Waals surface area contributed by atoms with Crippen molar-refractivity contribution >= 4 is 17.9 Å². The van der Waals surface area contributed by atoms with E-state index in [4.69, 9.17) is 27.3 Å². The minimum absolute atomic E-state index is 0.255. The second-order valence-corrected chi connectivity index (χ2v) is 3.02. The third-order valence-electron chi connectivity index (χ3n) is 1.56. The monoisotopic (exact) mass is 223 g/mol. The number of aliphatic hydroxyl groups is 3. The van der Waals surface area contributed by atoms with Gasteiger partial charge in [-0.15, -0.1) is 11.6 Å². The SMILES string of the molecule is [N-]=[N+]=N[C@H](C=O)[C@@H](Cl)[C@H](O)[C@H](O)CO. The predicted molar refractivity (Wildman–Crippen MR) is 47.7 cm³/mol. The smallest absolute Gasteiger partial charge is 0.130 e. The largest absolute Gasteiger partial charge is 0.394 e. The van der Waals surface area contributed by atoms with E-state index in [-0.39, 0.29) is 6.29 Å². The fourth-order valence-electron chi connectivity index (χ4n) is 0.748. The first-order valence-electron chi connectivity index (χ1n) is 3.69. The number of hydrogen-bond acceptors (Lipinski definition) is 5. The summed E-state index contributed by atoms with van der Waals surface area (Å²) >= 11 is 5.53. The Morgan fingerprint density at radius 2 is 2.14 bits per heavy atom. The molecule has 8 heteroatoms. The van der Waals surface area contributed by atoms with Gasteiger partial charge in [-0.05, 0) is 5.53 Å². The summed E-state index contributed by atoms with van der Waals surface area (Å²) in [5.74, 6) is 0. The lowest BCUT2D eigenvalue weighted by Gasteiger charge is -2.22. The average Bonchev–Trinajstić information content (AvgIpc) is 2.22. The molecule has 0 aliphatic carbocycles. The maximum atomic E-state index is 10.3. The van der Waals surface area contributed by atoms with Gasteiger partial charge in [0, 0.05) is 4.91 Å². The molecule has 0 aliphatic heterocycles. The normalized spacial score (nSPS) is 18.9. The molecule has 0 aliphatic rings. The van der Waals surface area contributed by atoms with E-state index in [0.29, 0.717) is 0 Å². The van der Waals surface area contributed by atoms with Gasteiger partial charge in [-0.25, -0.2) is 0 Å². The summed E-state index contributed by atoms with van der Waals surface area (Å²) in [7, 11) is 0. The Morgan fingerprint density at radius 3 is 2.50 bits per heavy atom. The van der Waals surface area contributed by atoms with E-state index in [9.17, 15) is 9.90 Å². The van der Waals surface area contributed by atoms with E-state index >= 15 is 0 Å². The Bertz CT molecular complexity index is 233. The van der Waals surface area contributed by atoms with Crippen LogP contribution in [0.4, 0.5) is 0 Å². The zero-order chi connectivity index (χ0) is 11.1. The molecule has 0 spiro atoms. The molecule has 0 radical (unpaired) electrons. The first-order valence-corrected chi connectivity index (χ1v) is 4.12. The molecule has 14 heavy (non-hydrogen) atoms. The molecule has 0 saturated heterocycles. The highest BCUT2D eigenvalue weighted by atomic mass is 35.5. The summed E-state index contributed by atoms with van der Waals surface area (Å²) in [6.45, 7) is -0.702. The van der Waals surface area contributed by atoms with Gasteiger partial charge in [0.15, 0.2) is 0 Å². The number of rotatable bonds is 6. The average molecular weight is 224 g/mol. The molecule has 0 bridgehead atoms. The topological polar surface area (TPSA) is 127 Å². The fraction of sp³-hybridized carbons (Fsp3) is 0.833. The van der Waals surface area contributed by atoms with Crippen LogP contribution in [0, 0.1) is 0 Å². The molecule has 80 valence electrons. The number of nitrogens with zero attached hydrogens (tertiary/aromatic N) is 3. The van der Waals surface area contributed by atoms with Crippen LogP contribution < -0.4 is 0 Å². The van der Waals surface area contributed by atoms with Crippen molar-refractivity contribution in [2.24, 2.45) is 5.11 Å². The number of carbonyl (C=O) groups is 1. The number of aldehydes is 1. The van der Waals surface area contributed by atoms with Crippen molar-refractivity contribution in [1.82, 2.24) is 0 Å². The molecule has 0 aromatic carbocycles. The van der Waals surface area contributed by atoms with Crippen LogP contribution in [0.15, 0.2) is 5.11 Å². The van der Waals surface area contributed by atoms with E-state index < -0.39 is 30.2 Å². The lowest BCUT2D eigenvalue weighted by atomic mass is 10.1. The van der Waals surface area contributed by atoms with Gasteiger partial charge in [0.25, 0.3) is 0 Å². The van der Waals surface area contributed by atoms with Crippen LogP contribution in [-0.4, -0.2) is 51.8 Å². The minimum atomic E-state index is -1.54. The van der Waals surface area contributed by atoms with Gasteiger partial charge in [-0.1, -0.05) is 5.11 Å². The highest BCUT2D eigenvalue weighted by molar-refractivity contribution is 6.22. The second-order valence-electron chi connectivity index (χ2n) is 2.52. The third kappa shape index (κ3) is 3.49. The molecular formula is C6H10ClN3O4. The van der Waals surface area contributed by atoms with Crippen LogP contribution in [0.3, 0.4) is 0 Å². The fourth-order valence-corrected chi connectivity index (χ4v) is 1.03. The van der Waals surface area contributed by atoms with Crippen molar-refractivity contribution in [2.75, 3.05) is 6.61 Å². The summed E-state index contributed by atoms with van der Waals surface area (Å²) in [5.41, 5.74) is 8.04. The van der Waals surface area contributed by atoms with Gasteiger partial charge in [0.2, 0.25) is 0 Å². The molecule has 0 amide bonds. The molecule has 0 aromatic rings. The van der Waals surface area contributed by atoms with Crippen LogP contribution >= 0.6 is 11.6 Å². The number of hydrogen-bond donors (Lipinski definition) is 3. The van der Waals surface area contributed by atoms with E-state index in [1.165, 1.54) is 0 Å². The minimum Gasteiger partial charge on any atom is -0.394 e. The molecule has 3 N–H and O–H groups in total. The van der Waals surface area contributed by atoms with Crippen LogP contribution in [-0.2, 0) is 4.79 Å². The highest BCUT2D eigenvalue weighted by Crippen LogP contribution is 2.13. The van der Waals surface area contributed by atoms with Crippen molar-refractivity contribution in [3.63, 3.8) is 0 Å². The zero-order valence-corrected chi connectivity index (χ0v) is 7.82. The molecule has 0 rings (SSSR count). The van der Waals surface area contributed by atoms with E-state index in [2.05, 4.69) is 10.0 Å². The summed E-state index contributed by atoms with van der Waals surface area (Å²) in [6.07, 6.45) is -2.76. The Balaban J connectivity index is 4.47. The van der Waals surface area contributed by atoms with Gasteiger partial charge >= 0.3 is 0 Å². The first-order chi connectivity index (χ1) is 6.58. The predicted octanol–water partition coefficient (Wildman–Crippen LogP) is -0.814. The van der Waals surface area contributed by atoms with Crippen molar-refractivity contribution in [2.45, 2.75) is 23.6 Å². The Morgan fingerprint density at radius 1 is 1.57 bits per heavy atom. The summed E-state index contributed by atoms with van der Waals surface area (Å²) < 4.78 is 0. The van der Waals surface area contributed by atoms with Gasteiger partial charge in [0.05, 0.1) is 18.1 Å². The van der Waals surface area contributed by atoms with Gasteiger partial charge in [0.1, 0.15) is 18.4 Å². The molecule has 0 unspecified atom stereocenters. The highest BCUT2D eigenvalue weighted by Gasteiger charge is 2.30. The maximum Gasteiger partial charge on any atom is 0.130 e. The molecule has 0 heterocycles. The number of alkyl halides is 1. The van der Waals surface area contributed by atoms with Crippen molar-refractivity contribution in [1.29, 1.82) is 0 Å². The molecular weight excluding hydrogens is 214 g/mol. The Kier molecular flexibility index (Phi) is 6.18. The van der Waals surface area contributed by atoms with Gasteiger partial charge in [-0.3, -0.25) is 0 Å². The molecule has 4 atom stereocenters. The van der Waals surface area contributed by atoms with E-state index in [0.717, 1.165) is 0 Å². The zero-order valence-electron chi connectivity index (χ0n) is 7.06. The van der Waals surface area contributed by atoms with Crippen LogP contribution in [0.5, 0.6) is 0 Å². The number of carbonyl (C=O) groups excluding carboxylic acids is 1. The third-order valence-corrected chi connectivity index (χ3v) is 2.07. The Hall–Kier alpha value is -0.850. The van der Waals surface area contributed by atoms with Crippen molar-refractivity contribution in [3.8, 4) is 0 Å². The standard InChI is InChI=1S/C6H10ClN3O4/c7-5(3(1-11)9-10-8)6(14)4(13)2-12/h1,3-6,12-14H,2H2/t3-,4-,5-,6-/m1/s1. The second kappa shape index (κ2) is 6.58. The Labute approximate surface area is 84.5 Å². The summed E-state index contributed by atoms with van der Waals surface area (Å²) in [4.78, 5) is 12.7. The molecule has 7 nitrogen and oxygen atoms in total. The number of aliphatic hydroxyl groups excluding tert-OH is 3. The summed E-state index contributed by atoms with van der Waals surface area (Å²) in [5, 5.41) is 28.4. The maximum absolute atomic E-state index is 10.3. The van der Waals surface area contributed by atoms with E-state index in [1.54, 1.807) is 0 Å². The van der Waals surface area contributed by atoms with Crippen LogP contribution in [0.25, 0.3) is 10.4 Å². The van der Waals surface area contributed by atoms with Crippen LogP contribution in [0.2, 0.25) is 0 Å².